The zero-order valence-corrected chi connectivity index (χ0v) is 15.1. The average Bonchev–Trinajstić information content (AvgIpc) is 2.45. The van der Waals surface area contributed by atoms with Crippen LogP contribution in [0.25, 0.3) is 0 Å². The van der Waals surface area contributed by atoms with Crippen LogP contribution in [0, 0.1) is 11.7 Å². The number of rotatable bonds is 5. The summed E-state index contributed by atoms with van der Waals surface area (Å²) in [6, 6.07) is 5.38. The number of hydrogen-bond acceptors (Lipinski definition) is 3. The Bertz CT molecular complexity index is 440. The van der Waals surface area contributed by atoms with Gasteiger partial charge in [-0.15, -0.1) is 24.8 Å². The van der Waals surface area contributed by atoms with E-state index in [2.05, 4.69) is 24.1 Å². The molecule has 1 atom stereocenters. The maximum atomic E-state index is 14.4. The van der Waals surface area contributed by atoms with Crippen molar-refractivity contribution in [2.75, 3.05) is 33.3 Å². The third kappa shape index (κ3) is 5.58. The first-order chi connectivity index (χ1) is 9.61. The molecule has 0 bridgehead atoms. The fourth-order valence-electron chi connectivity index (χ4n) is 2.82. The number of ether oxygens (including phenoxy) is 1. The summed E-state index contributed by atoms with van der Waals surface area (Å²) in [6.45, 7) is 8.29. The minimum absolute atomic E-state index is 0. The third-order valence-electron chi connectivity index (χ3n) is 3.85. The van der Waals surface area contributed by atoms with Crippen LogP contribution in [0.5, 0.6) is 5.75 Å². The van der Waals surface area contributed by atoms with Gasteiger partial charge in [-0.2, -0.15) is 0 Å². The van der Waals surface area contributed by atoms with Gasteiger partial charge in [-0.1, -0.05) is 19.9 Å². The fraction of sp³-hybridized carbons (Fsp3) is 0.625. The number of halogens is 3. The van der Waals surface area contributed by atoms with Gasteiger partial charge in [-0.05, 0) is 18.4 Å². The Morgan fingerprint density at radius 3 is 2.36 bits per heavy atom. The highest BCUT2D eigenvalue weighted by Gasteiger charge is 2.25. The molecule has 3 nitrogen and oxygen atoms in total. The van der Waals surface area contributed by atoms with Gasteiger partial charge >= 0.3 is 0 Å². The average molecular weight is 353 g/mol. The van der Waals surface area contributed by atoms with E-state index >= 15 is 0 Å². The molecule has 1 aliphatic rings. The van der Waals surface area contributed by atoms with Crippen LogP contribution in [0.4, 0.5) is 4.39 Å². The summed E-state index contributed by atoms with van der Waals surface area (Å²) < 4.78 is 19.5. The minimum Gasteiger partial charge on any atom is -0.497 e. The van der Waals surface area contributed by atoms with E-state index in [-0.39, 0.29) is 36.7 Å². The van der Waals surface area contributed by atoms with Crippen LogP contribution in [0.3, 0.4) is 0 Å². The van der Waals surface area contributed by atoms with Gasteiger partial charge in [0, 0.05) is 43.9 Å². The highest BCUT2D eigenvalue weighted by Crippen LogP contribution is 2.31. The standard InChI is InChI=1S/C16H25FN2O.2ClH/c1-12(2)10-16(19-8-6-18-7-9-19)14-5-4-13(20-3)11-15(14)17;;/h4-5,11-12,16,18H,6-10H2,1-3H3;2*1H/t16-;;/m1../s1. The zero-order chi connectivity index (χ0) is 14.5. The third-order valence-corrected chi connectivity index (χ3v) is 3.85. The second-order valence-electron chi connectivity index (χ2n) is 5.82. The molecule has 0 spiro atoms. The lowest BCUT2D eigenvalue weighted by atomic mass is 9.94. The highest BCUT2D eigenvalue weighted by molar-refractivity contribution is 5.85. The molecule has 2 rings (SSSR count). The van der Waals surface area contributed by atoms with Crippen molar-refractivity contribution < 1.29 is 9.13 Å². The molecule has 1 fully saturated rings. The van der Waals surface area contributed by atoms with Gasteiger partial charge in [-0.3, -0.25) is 4.90 Å². The van der Waals surface area contributed by atoms with Gasteiger partial charge in [0.1, 0.15) is 11.6 Å². The molecule has 1 saturated heterocycles. The van der Waals surface area contributed by atoms with Crippen molar-refractivity contribution in [1.29, 1.82) is 0 Å². The second-order valence-corrected chi connectivity index (χ2v) is 5.82. The molecule has 128 valence electrons. The highest BCUT2D eigenvalue weighted by atomic mass is 35.5. The fourth-order valence-corrected chi connectivity index (χ4v) is 2.82. The normalized spacial score (nSPS) is 16.6. The lowest BCUT2D eigenvalue weighted by molar-refractivity contribution is 0.151. The van der Waals surface area contributed by atoms with E-state index in [1.54, 1.807) is 7.11 Å². The van der Waals surface area contributed by atoms with E-state index in [9.17, 15) is 4.39 Å². The Balaban J connectivity index is 0.00000220. The molecule has 0 saturated carbocycles. The first-order valence-electron chi connectivity index (χ1n) is 7.40. The molecule has 1 aliphatic heterocycles. The summed E-state index contributed by atoms with van der Waals surface area (Å²) in [5.74, 6) is 0.958. The molecule has 0 radical (unpaired) electrons. The van der Waals surface area contributed by atoms with Crippen molar-refractivity contribution in [1.82, 2.24) is 10.2 Å². The topological polar surface area (TPSA) is 24.5 Å². The number of hydrogen-bond donors (Lipinski definition) is 1. The summed E-state index contributed by atoms with van der Waals surface area (Å²) in [5, 5.41) is 3.35. The van der Waals surface area contributed by atoms with Crippen LogP contribution in [0.15, 0.2) is 18.2 Å². The number of methoxy groups -OCH3 is 1. The van der Waals surface area contributed by atoms with Crippen LogP contribution in [0.2, 0.25) is 0 Å². The van der Waals surface area contributed by atoms with Gasteiger partial charge in [0.05, 0.1) is 7.11 Å². The van der Waals surface area contributed by atoms with E-state index in [1.165, 1.54) is 6.07 Å². The Labute approximate surface area is 145 Å². The van der Waals surface area contributed by atoms with E-state index < -0.39 is 0 Å². The van der Waals surface area contributed by atoms with Crippen LogP contribution in [-0.2, 0) is 0 Å². The van der Waals surface area contributed by atoms with Crippen LogP contribution in [0.1, 0.15) is 31.9 Å². The van der Waals surface area contributed by atoms with Gasteiger partial charge in [0.15, 0.2) is 0 Å². The molecule has 1 N–H and O–H groups in total. The number of benzene rings is 1. The number of nitrogens with one attached hydrogen (secondary N) is 1. The summed E-state index contributed by atoms with van der Waals surface area (Å²) in [4.78, 5) is 2.39. The largest absolute Gasteiger partial charge is 0.497 e. The predicted molar refractivity (Wildman–Crippen MR) is 94.1 cm³/mol. The van der Waals surface area contributed by atoms with Crippen molar-refractivity contribution >= 4 is 24.8 Å². The zero-order valence-electron chi connectivity index (χ0n) is 13.5. The van der Waals surface area contributed by atoms with Crippen molar-refractivity contribution in [2.24, 2.45) is 5.92 Å². The van der Waals surface area contributed by atoms with E-state index in [4.69, 9.17) is 4.74 Å². The van der Waals surface area contributed by atoms with E-state index in [0.29, 0.717) is 11.7 Å². The predicted octanol–water partition coefficient (Wildman–Crippen LogP) is 3.67. The van der Waals surface area contributed by atoms with Crippen LogP contribution < -0.4 is 10.1 Å². The maximum Gasteiger partial charge on any atom is 0.131 e. The summed E-state index contributed by atoms with van der Waals surface area (Å²) in [7, 11) is 1.57. The number of piperazine rings is 1. The molecule has 0 aromatic heterocycles. The monoisotopic (exact) mass is 352 g/mol. The summed E-state index contributed by atoms with van der Waals surface area (Å²) >= 11 is 0. The molecule has 0 amide bonds. The second kappa shape index (κ2) is 10.3. The van der Waals surface area contributed by atoms with Gasteiger partial charge in [-0.25, -0.2) is 4.39 Å². The first kappa shape index (κ1) is 21.4. The molecule has 22 heavy (non-hydrogen) atoms. The molecule has 1 aromatic carbocycles. The van der Waals surface area contributed by atoms with Crippen molar-refractivity contribution in [3.63, 3.8) is 0 Å². The van der Waals surface area contributed by atoms with Gasteiger partial charge in [0.2, 0.25) is 0 Å². The molecular formula is C16H27Cl2FN2O. The molecule has 0 unspecified atom stereocenters. The Kier molecular flexibility index (Phi) is 10.0. The van der Waals surface area contributed by atoms with Crippen LogP contribution >= 0.6 is 24.8 Å². The quantitative estimate of drug-likeness (QED) is 0.874. The Hall–Kier alpha value is -0.550. The molecular weight excluding hydrogens is 326 g/mol. The van der Waals surface area contributed by atoms with Gasteiger partial charge < -0.3 is 10.1 Å². The molecule has 0 aliphatic carbocycles. The molecule has 1 aromatic rings. The van der Waals surface area contributed by atoms with E-state index in [0.717, 1.165) is 38.2 Å². The maximum absolute atomic E-state index is 14.4. The lowest BCUT2D eigenvalue weighted by Gasteiger charge is -2.36. The summed E-state index contributed by atoms with van der Waals surface area (Å²) in [5.41, 5.74) is 0.793. The minimum atomic E-state index is -0.159. The summed E-state index contributed by atoms with van der Waals surface area (Å²) in [6.07, 6.45) is 0.975. The molecule has 1 heterocycles. The van der Waals surface area contributed by atoms with Crippen molar-refractivity contribution in [3.05, 3.63) is 29.6 Å². The van der Waals surface area contributed by atoms with Crippen molar-refractivity contribution in [2.45, 2.75) is 26.3 Å². The van der Waals surface area contributed by atoms with Crippen molar-refractivity contribution in [3.8, 4) is 5.75 Å². The molecule has 6 heteroatoms. The van der Waals surface area contributed by atoms with Crippen LogP contribution in [-0.4, -0.2) is 38.2 Å². The smallest absolute Gasteiger partial charge is 0.131 e. The first-order valence-corrected chi connectivity index (χ1v) is 7.40. The number of nitrogens with zero attached hydrogens (tertiary/aromatic N) is 1. The Morgan fingerprint density at radius 2 is 1.86 bits per heavy atom. The van der Waals surface area contributed by atoms with E-state index in [1.807, 2.05) is 12.1 Å². The Morgan fingerprint density at radius 1 is 1.23 bits per heavy atom. The lowest BCUT2D eigenvalue weighted by Crippen LogP contribution is -2.45. The van der Waals surface area contributed by atoms with Gasteiger partial charge in [0.25, 0.3) is 0 Å². The SMILES string of the molecule is COc1ccc([C@@H](CC(C)C)N2CCNCC2)c(F)c1.Cl.Cl.